The number of hydrogen-bond acceptors (Lipinski definition) is 5. The Labute approximate surface area is 84.3 Å². The van der Waals surface area contributed by atoms with Gasteiger partial charge in [-0.15, -0.1) is 0 Å². The predicted octanol–water partition coefficient (Wildman–Crippen LogP) is -0.855. The fourth-order valence-electron chi connectivity index (χ4n) is 1.22. The average molecular weight is 208 g/mol. The first-order valence-electron chi connectivity index (χ1n) is 4.70. The highest BCUT2D eigenvalue weighted by molar-refractivity contribution is 4.79. The summed E-state index contributed by atoms with van der Waals surface area (Å²) in [5.74, 6) is 0. The second-order valence-electron chi connectivity index (χ2n) is 3.13. The first kappa shape index (κ1) is 13.8. The summed E-state index contributed by atoms with van der Waals surface area (Å²) in [6.45, 7) is 0.411. The van der Waals surface area contributed by atoms with Crippen molar-refractivity contribution in [2.45, 2.75) is 18.4 Å². The SMILES string of the molecule is COCCOC(CO)(CCO)CCO. The van der Waals surface area contributed by atoms with Crippen LogP contribution in [0.3, 0.4) is 0 Å². The van der Waals surface area contributed by atoms with Crippen molar-refractivity contribution in [3.05, 3.63) is 0 Å². The number of hydrogen-bond donors (Lipinski definition) is 3. The zero-order valence-corrected chi connectivity index (χ0v) is 8.61. The molecule has 0 unspecified atom stereocenters. The van der Waals surface area contributed by atoms with E-state index in [-0.39, 0.29) is 19.8 Å². The lowest BCUT2D eigenvalue weighted by Crippen LogP contribution is -2.40. The molecule has 14 heavy (non-hydrogen) atoms. The van der Waals surface area contributed by atoms with Crippen LogP contribution >= 0.6 is 0 Å². The van der Waals surface area contributed by atoms with Crippen LogP contribution in [0.25, 0.3) is 0 Å². The van der Waals surface area contributed by atoms with E-state index in [0.717, 1.165) is 0 Å². The zero-order chi connectivity index (χ0) is 10.9. The van der Waals surface area contributed by atoms with Crippen molar-refractivity contribution >= 4 is 0 Å². The number of methoxy groups -OCH3 is 1. The van der Waals surface area contributed by atoms with Crippen molar-refractivity contribution in [1.29, 1.82) is 0 Å². The average Bonchev–Trinajstić information content (AvgIpc) is 2.19. The van der Waals surface area contributed by atoms with Crippen LogP contribution in [0.1, 0.15) is 12.8 Å². The van der Waals surface area contributed by atoms with Crippen molar-refractivity contribution in [2.24, 2.45) is 0 Å². The molecule has 0 aromatic rings. The van der Waals surface area contributed by atoms with Gasteiger partial charge in [-0.25, -0.2) is 0 Å². The van der Waals surface area contributed by atoms with Gasteiger partial charge in [0.05, 0.1) is 25.4 Å². The Bertz CT molecular complexity index is 122. The quantitative estimate of drug-likeness (QED) is 0.430. The highest BCUT2D eigenvalue weighted by Gasteiger charge is 2.29. The summed E-state index contributed by atoms with van der Waals surface area (Å²) in [5, 5.41) is 26.8. The van der Waals surface area contributed by atoms with E-state index in [4.69, 9.17) is 24.8 Å². The minimum absolute atomic E-state index is 0.0759. The maximum atomic E-state index is 9.15. The Kier molecular flexibility index (Phi) is 8.02. The van der Waals surface area contributed by atoms with E-state index in [1.54, 1.807) is 7.11 Å². The van der Waals surface area contributed by atoms with Crippen molar-refractivity contribution < 1.29 is 24.8 Å². The number of aliphatic hydroxyl groups is 3. The topological polar surface area (TPSA) is 79.2 Å². The second-order valence-corrected chi connectivity index (χ2v) is 3.13. The molecule has 0 aromatic carbocycles. The Balaban J connectivity index is 4.03. The molecule has 0 saturated heterocycles. The first-order chi connectivity index (χ1) is 6.74. The summed E-state index contributed by atoms with van der Waals surface area (Å²) in [5.41, 5.74) is -0.831. The van der Waals surface area contributed by atoms with E-state index in [0.29, 0.717) is 26.1 Å². The van der Waals surface area contributed by atoms with Gasteiger partial charge in [-0.05, 0) is 0 Å². The van der Waals surface area contributed by atoms with Crippen molar-refractivity contribution in [3.8, 4) is 0 Å². The van der Waals surface area contributed by atoms with E-state index in [2.05, 4.69) is 0 Å². The van der Waals surface area contributed by atoms with Gasteiger partial charge in [0.2, 0.25) is 0 Å². The minimum atomic E-state index is -0.831. The van der Waals surface area contributed by atoms with E-state index in [1.165, 1.54) is 0 Å². The Morgan fingerprint density at radius 3 is 1.93 bits per heavy atom. The fraction of sp³-hybridized carbons (Fsp3) is 1.00. The van der Waals surface area contributed by atoms with Gasteiger partial charge in [0, 0.05) is 33.2 Å². The predicted molar refractivity (Wildman–Crippen MR) is 51.1 cm³/mol. The van der Waals surface area contributed by atoms with Crippen LogP contribution in [0.4, 0.5) is 0 Å². The normalized spacial score (nSPS) is 12.0. The van der Waals surface area contributed by atoms with E-state index < -0.39 is 5.60 Å². The van der Waals surface area contributed by atoms with Crippen LogP contribution in [0.5, 0.6) is 0 Å². The Morgan fingerprint density at radius 2 is 1.57 bits per heavy atom. The summed E-state index contributed by atoms with van der Waals surface area (Å²) in [6, 6.07) is 0. The summed E-state index contributed by atoms with van der Waals surface area (Å²) < 4.78 is 10.2. The van der Waals surface area contributed by atoms with Gasteiger partial charge in [0.1, 0.15) is 0 Å². The summed E-state index contributed by atoms with van der Waals surface area (Å²) in [4.78, 5) is 0. The molecule has 3 N–H and O–H groups in total. The number of ether oxygens (including phenoxy) is 2. The summed E-state index contributed by atoms with van der Waals surface area (Å²) in [7, 11) is 1.56. The van der Waals surface area contributed by atoms with Crippen LogP contribution in [-0.4, -0.2) is 61.1 Å². The minimum Gasteiger partial charge on any atom is -0.396 e. The van der Waals surface area contributed by atoms with Gasteiger partial charge in [0.15, 0.2) is 0 Å². The Hall–Kier alpha value is -0.200. The molecule has 0 fully saturated rings. The molecule has 86 valence electrons. The molecule has 0 radical (unpaired) electrons. The third-order valence-corrected chi connectivity index (χ3v) is 2.12. The monoisotopic (exact) mass is 208 g/mol. The summed E-state index contributed by atoms with van der Waals surface area (Å²) in [6.07, 6.45) is 0.627. The van der Waals surface area contributed by atoms with Gasteiger partial charge in [-0.2, -0.15) is 0 Å². The molecular weight excluding hydrogens is 188 g/mol. The fourth-order valence-corrected chi connectivity index (χ4v) is 1.22. The highest BCUT2D eigenvalue weighted by Crippen LogP contribution is 2.19. The number of aliphatic hydroxyl groups excluding tert-OH is 3. The third kappa shape index (κ3) is 4.88. The van der Waals surface area contributed by atoms with E-state index in [9.17, 15) is 0 Å². The molecule has 0 bridgehead atoms. The van der Waals surface area contributed by atoms with E-state index >= 15 is 0 Å². The van der Waals surface area contributed by atoms with Gasteiger partial charge in [0.25, 0.3) is 0 Å². The molecule has 0 aliphatic rings. The molecular formula is C9H20O5. The highest BCUT2D eigenvalue weighted by atomic mass is 16.5. The molecule has 0 saturated carbocycles. The molecule has 0 rings (SSSR count). The van der Waals surface area contributed by atoms with Gasteiger partial charge in [-0.3, -0.25) is 0 Å². The van der Waals surface area contributed by atoms with E-state index in [1.807, 2.05) is 0 Å². The lowest BCUT2D eigenvalue weighted by molar-refractivity contribution is -0.112. The lowest BCUT2D eigenvalue weighted by atomic mass is 9.97. The van der Waals surface area contributed by atoms with Gasteiger partial charge >= 0.3 is 0 Å². The van der Waals surface area contributed by atoms with Crippen LogP contribution in [0, 0.1) is 0 Å². The maximum absolute atomic E-state index is 9.15. The molecule has 0 heterocycles. The van der Waals surface area contributed by atoms with Crippen molar-refractivity contribution in [1.82, 2.24) is 0 Å². The van der Waals surface area contributed by atoms with Gasteiger partial charge in [-0.1, -0.05) is 0 Å². The van der Waals surface area contributed by atoms with Crippen LogP contribution < -0.4 is 0 Å². The van der Waals surface area contributed by atoms with Crippen LogP contribution in [0.15, 0.2) is 0 Å². The lowest BCUT2D eigenvalue weighted by Gasteiger charge is -2.30. The summed E-state index contributed by atoms with van der Waals surface area (Å²) >= 11 is 0. The number of rotatable bonds is 9. The largest absolute Gasteiger partial charge is 0.396 e. The van der Waals surface area contributed by atoms with Crippen molar-refractivity contribution in [2.75, 3.05) is 40.1 Å². The van der Waals surface area contributed by atoms with Gasteiger partial charge < -0.3 is 24.8 Å². The molecule has 0 aliphatic carbocycles. The molecule has 0 aliphatic heterocycles. The standard InChI is InChI=1S/C9H20O5/c1-13-6-7-14-9(8-12,2-4-10)3-5-11/h10-12H,2-8H2,1H3. The van der Waals surface area contributed by atoms with Crippen LogP contribution in [-0.2, 0) is 9.47 Å². The smallest absolute Gasteiger partial charge is 0.0956 e. The molecule has 0 atom stereocenters. The molecule has 5 nitrogen and oxygen atoms in total. The molecule has 0 aromatic heterocycles. The Morgan fingerprint density at radius 1 is 1.00 bits per heavy atom. The molecule has 0 spiro atoms. The van der Waals surface area contributed by atoms with Crippen molar-refractivity contribution in [3.63, 3.8) is 0 Å². The van der Waals surface area contributed by atoms with Crippen LogP contribution in [0.2, 0.25) is 0 Å². The zero-order valence-electron chi connectivity index (χ0n) is 8.61. The first-order valence-corrected chi connectivity index (χ1v) is 4.70. The molecule has 5 heteroatoms. The second kappa shape index (κ2) is 8.14. The molecule has 0 amide bonds. The third-order valence-electron chi connectivity index (χ3n) is 2.12. The maximum Gasteiger partial charge on any atom is 0.0956 e.